The third-order valence-electron chi connectivity index (χ3n) is 2.04. The van der Waals surface area contributed by atoms with Crippen molar-refractivity contribution in [1.82, 2.24) is 0 Å². The van der Waals surface area contributed by atoms with Crippen molar-refractivity contribution in [3.8, 4) is 0 Å². The fourth-order valence-electron chi connectivity index (χ4n) is 1.38. The molecule has 0 amide bonds. The van der Waals surface area contributed by atoms with Gasteiger partial charge in [-0.2, -0.15) is 0 Å². The van der Waals surface area contributed by atoms with E-state index in [0.717, 1.165) is 12.3 Å². The summed E-state index contributed by atoms with van der Waals surface area (Å²) in [5.74, 6) is 0. The number of hydrogen-bond acceptors (Lipinski definition) is 3. The lowest BCUT2D eigenvalue weighted by Gasteiger charge is -1.94. The zero-order valence-corrected chi connectivity index (χ0v) is 8.93. The molecule has 0 aliphatic rings. The number of hydrogen-bond donors (Lipinski definition) is 1. The molecule has 0 atom stereocenters. The highest BCUT2D eigenvalue weighted by Crippen LogP contribution is 2.27. The van der Waals surface area contributed by atoms with Crippen LogP contribution in [0.15, 0.2) is 24.3 Å². The van der Waals surface area contributed by atoms with Crippen LogP contribution in [-0.4, -0.2) is 6.61 Å². The van der Waals surface area contributed by atoms with E-state index in [9.17, 15) is 0 Å². The molecule has 0 bridgehead atoms. The van der Waals surface area contributed by atoms with Crippen LogP contribution in [0.2, 0.25) is 0 Å². The summed E-state index contributed by atoms with van der Waals surface area (Å²) in [5, 5.41) is 1.25. The minimum atomic E-state index is 0.704. The van der Waals surface area contributed by atoms with Gasteiger partial charge in [-0.3, -0.25) is 0 Å². The first-order chi connectivity index (χ1) is 6.79. The molecule has 1 aromatic heterocycles. The number of anilines is 1. The van der Waals surface area contributed by atoms with E-state index in [1.54, 1.807) is 11.3 Å². The predicted octanol–water partition coefficient (Wildman–Crippen LogP) is 3.02. The minimum absolute atomic E-state index is 0.704. The Balaban J connectivity index is 2.32. The van der Waals surface area contributed by atoms with Gasteiger partial charge in [-0.25, -0.2) is 0 Å². The van der Waals surface area contributed by atoms with Gasteiger partial charge in [0.25, 0.3) is 0 Å². The summed E-state index contributed by atoms with van der Waals surface area (Å²) in [6, 6.07) is 8.15. The first-order valence-electron chi connectivity index (χ1n) is 4.65. The molecule has 0 spiro atoms. The lowest BCUT2D eigenvalue weighted by Crippen LogP contribution is -1.87. The smallest absolute Gasteiger partial charge is 0.0809 e. The van der Waals surface area contributed by atoms with E-state index >= 15 is 0 Å². The minimum Gasteiger partial charge on any atom is -0.399 e. The Morgan fingerprint density at radius 3 is 3.00 bits per heavy atom. The Bertz CT molecular complexity index is 436. The molecular weight excluding hydrogens is 194 g/mol. The number of fused-ring (bicyclic) bond motifs is 1. The van der Waals surface area contributed by atoms with Crippen molar-refractivity contribution in [1.29, 1.82) is 0 Å². The third kappa shape index (κ3) is 1.89. The number of rotatable bonds is 3. The van der Waals surface area contributed by atoms with Crippen LogP contribution in [0.4, 0.5) is 5.69 Å². The molecule has 0 aliphatic heterocycles. The molecule has 0 aliphatic carbocycles. The maximum absolute atomic E-state index is 5.71. The number of benzene rings is 1. The SMILES string of the molecule is CCOCc1cc2ccc(N)cc2s1. The van der Waals surface area contributed by atoms with Gasteiger partial charge in [0.05, 0.1) is 6.61 Å². The quantitative estimate of drug-likeness (QED) is 0.785. The van der Waals surface area contributed by atoms with Gasteiger partial charge >= 0.3 is 0 Å². The van der Waals surface area contributed by atoms with Crippen LogP contribution in [0.3, 0.4) is 0 Å². The number of thiophene rings is 1. The fraction of sp³-hybridized carbons (Fsp3) is 0.273. The average Bonchev–Trinajstić information content (AvgIpc) is 2.56. The number of nitrogen functional groups attached to an aromatic ring is 1. The Morgan fingerprint density at radius 1 is 1.36 bits per heavy atom. The van der Waals surface area contributed by atoms with Gasteiger partial charge < -0.3 is 10.5 Å². The zero-order valence-electron chi connectivity index (χ0n) is 8.12. The van der Waals surface area contributed by atoms with Crippen molar-refractivity contribution in [2.45, 2.75) is 13.5 Å². The summed E-state index contributed by atoms with van der Waals surface area (Å²) >= 11 is 1.75. The second-order valence-corrected chi connectivity index (χ2v) is 4.32. The zero-order chi connectivity index (χ0) is 9.97. The van der Waals surface area contributed by atoms with Crippen LogP contribution in [0.25, 0.3) is 10.1 Å². The second kappa shape index (κ2) is 3.98. The van der Waals surface area contributed by atoms with Crippen molar-refractivity contribution >= 4 is 27.1 Å². The lowest BCUT2D eigenvalue weighted by atomic mass is 10.2. The molecule has 0 saturated heterocycles. The van der Waals surface area contributed by atoms with E-state index in [0.29, 0.717) is 6.61 Å². The molecule has 0 fully saturated rings. The van der Waals surface area contributed by atoms with Crippen LogP contribution >= 0.6 is 11.3 Å². The highest BCUT2D eigenvalue weighted by Gasteiger charge is 2.01. The summed E-state index contributed by atoms with van der Waals surface area (Å²) in [7, 11) is 0. The van der Waals surface area contributed by atoms with E-state index < -0.39 is 0 Å². The molecule has 2 nitrogen and oxygen atoms in total. The monoisotopic (exact) mass is 207 g/mol. The number of nitrogens with two attached hydrogens (primary N) is 1. The van der Waals surface area contributed by atoms with Crippen LogP contribution in [0.5, 0.6) is 0 Å². The van der Waals surface area contributed by atoms with Gasteiger partial charge in [0, 0.05) is 21.9 Å². The van der Waals surface area contributed by atoms with E-state index in [4.69, 9.17) is 10.5 Å². The molecule has 1 heterocycles. The molecule has 0 radical (unpaired) electrons. The van der Waals surface area contributed by atoms with Gasteiger partial charge in [0.1, 0.15) is 0 Å². The van der Waals surface area contributed by atoms with Gasteiger partial charge in [0.15, 0.2) is 0 Å². The normalized spacial score (nSPS) is 10.9. The van der Waals surface area contributed by atoms with Crippen LogP contribution in [-0.2, 0) is 11.3 Å². The van der Waals surface area contributed by atoms with Crippen molar-refractivity contribution in [2.75, 3.05) is 12.3 Å². The fourth-order valence-corrected chi connectivity index (χ4v) is 2.43. The molecule has 0 unspecified atom stereocenters. The van der Waals surface area contributed by atoms with E-state index in [-0.39, 0.29) is 0 Å². The van der Waals surface area contributed by atoms with Crippen LogP contribution in [0, 0.1) is 0 Å². The van der Waals surface area contributed by atoms with Crippen molar-refractivity contribution < 1.29 is 4.74 Å². The topological polar surface area (TPSA) is 35.2 Å². The van der Waals surface area contributed by atoms with E-state index in [2.05, 4.69) is 12.1 Å². The standard InChI is InChI=1S/C11H13NOS/c1-2-13-7-10-5-8-3-4-9(12)6-11(8)14-10/h3-6H,2,7,12H2,1H3. The predicted molar refractivity (Wildman–Crippen MR) is 61.6 cm³/mol. The summed E-state index contributed by atoms with van der Waals surface area (Å²) in [6.07, 6.45) is 0. The van der Waals surface area contributed by atoms with Gasteiger partial charge in [-0.05, 0) is 30.5 Å². The Labute approximate surface area is 87.3 Å². The van der Waals surface area contributed by atoms with Crippen molar-refractivity contribution in [3.05, 3.63) is 29.1 Å². The Morgan fingerprint density at radius 2 is 2.21 bits per heavy atom. The van der Waals surface area contributed by atoms with E-state index in [1.165, 1.54) is 15.0 Å². The molecule has 0 saturated carbocycles. The number of ether oxygens (including phenoxy) is 1. The van der Waals surface area contributed by atoms with Crippen LogP contribution < -0.4 is 5.73 Å². The summed E-state index contributed by atoms with van der Waals surface area (Å²) in [5.41, 5.74) is 6.53. The van der Waals surface area contributed by atoms with Gasteiger partial charge in [-0.15, -0.1) is 11.3 Å². The highest BCUT2D eigenvalue weighted by molar-refractivity contribution is 7.19. The molecule has 14 heavy (non-hydrogen) atoms. The highest BCUT2D eigenvalue weighted by atomic mass is 32.1. The molecule has 1 aromatic carbocycles. The summed E-state index contributed by atoms with van der Waals surface area (Å²) in [4.78, 5) is 1.26. The first-order valence-corrected chi connectivity index (χ1v) is 5.47. The molecule has 2 rings (SSSR count). The van der Waals surface area contributed by atoms with Crippen molar-refractivity contribution in [3.63, 3.8) is 0 Å². The lowest BCUT2D eigenvalue weighted by molar-refractivity contribution is 0.136. The van der Waals surface area contributed by atoms with E-state index in [1.807, 2.05) is 19.1 Å². The summed E-state index contributed by atoms with van der Waals surface area (Å²) in [6.45, 7) is 3.47. The molecule has 2 aromatic rings. The van der Waals surface area contributed by atoms with Crippen LogP contribution in [0.1, 0.15) is 11.8 Å². The van der Waals surface area contributed by atoms with Gasteiger partial charge in [-0.1, -0.05) is 6.07 Å². The first kappa shape index (κ1) is 9.49. The second-order valence-electron chi connectivity index (χ2n) is 3.15. The average molecular weight is 207 g/mol. The molecule has 2 N–H and O–H groups in total. The maximum Gasteiger partial charge on any atom is 0.0809 e. The maximum atomic E-state index is 5.71. The Kier molecular flexibility index (Phi) is 2.70. The van der Waals surface area contributed by atoms with Crippen molar-refractivity contribution in [2.24, 2.45) is 0 Å². The van der Waals surface area contributed by atoms with Gasteiger partial charge in [0.2, 0.25) is 0 Å². The molecule has 3 heteroatoms. The summed E-state index contributed by atoms with van der Waals surface area (Å²) < 4.78 is 6.59. The molecular formula is C11H13NOS. The third-order valence-corrected chi connectivity index (χ3v) is 3.11. The largest absolute Gasteiger partial charge is 0.399 e. The Hall–Kier alpha value is -1.06. The molecule has 74 valence electrons.